The van der Waals surface area contributed by atoms with Gasteiger partial charge in [-0.15, -0.1) is 0 Å². The highest BCUT2D eigenvalue weighted by atomic mass is 35.5. The molecular weight excluding hydrogens is 575 g/mol. The summed E-state index contributed by atoms with van der Waals surface area (Å²) in [6, 6.07) is 8.77. The van der Waals surface area contributed by atoms with E-state index in [-0.39, 0.29) is 62.4 Å². The van der Waals surface area contributed by atoms with Crippen molar-refractivity contribution < 1.29 is 27.4 Å². The molecule has 14 heteroatoms. The number of nitrogens with one attached hydrogen (secondary N) is 1. The summed E-state index contributed by atoms with van der Waals surface area (Å²) in [6.45, 7) is 3.73. The van der Waals surface area contributed by atoms with Crippen LogP contribution in [0.4, 0.5) is 10.2 Å². The Morgan fingerprint density at radius 1 is 1.20 bits per heavy atom. The number of aryl methyl sites for hydroxylation is 1. The monoisotopic (exact) mass is 596 g/mol. The summed E-state index contributed by atoms with van der Waals surface area (Å²) in [5, 5.41) is 10.6. The molecule has 2 N–H and O–H groups in total. The Morgan fingerprint density at radius 2 is 2.00 bits per heavy atom. The Hall–Kier alpha value is -4.67. The molecule has 1 aliphatic rings. The first-order chi connectivity index (χ1) is 19.6. The molecule has 0 unspecified atom stereocenters. The van der Waals surface area contributed by atoms with Crippen molar-refractivity contribution in [3.8, 4) is 17.2 Å². The predicted octanol–water partition coefficient (Wildman–Crippen LogP) is 4.67. The molecule has 0 aliphatic carbocycles. The van der Waals surface area contributed by atoms with Gasteiger partial charge in [-0.25, -0.2) is 32.8 Å². The Balaban J connectivity index is 1.68. The number of hydrogen-bond acceptors (Lipinski definition) is 9. The fraction of sp³-hybridized carbons (Fsp3) is 0.185. The number of aromatic hydroxyl groups is 1. The number of anilines is 1. The van der Waals surface area contributed by atoms with Crippen LogP contribution in [0.25, 0.3) is 22.7 Å². The highest BCUT2D eigenvalue weighted by molar-refractivity contribution is 7.91. The standard InChI is InChI=1S/C27H22ClFN6O5S/c1-4-40-21-10-5-7-18(30-21)26-33-25-27(35(26)22-19(36)8-6-9-20(22)39-3)32-24(23(28)31-25)34-41(37,38)14-16-12-11-15(2)17(29)13-16/h6,8-13,36H,4,14H2,1-3H3,(H,32,34). The van der Waals surface area contributed by atoms with E-state index >= 15 is 0 Å². The van der Waals surface area contributed by atoms with Gasteiger partial charge in [-0.2, -0.15) is 0 Å². The quantitative estimate of drug-likeness (QED) is 0.280. The zero-order valence-electron chi connectivity index (χ0n) is 21.9. The van der Waals surface area contributed by atoms with Crippen molar-refractivity contribution in [1.82, 2.24) is 19.5 Å². The SMILES string of the molecule is CCOC1=NC(c2nc3nc(Cl)c(NS(=O)(=O)Cc4ccc(C)c(F)c4)nc3n2-c2c(O)cccc2OC)=C=C=C1. The van der Waals surface area contributed by atoms with E-state index in [1.807, 2.05) is 0 Å². The van der Waals surface area contributed by atoms with Gasteiger partial charge in [-0.05, 0) is 48.9 Å². The number of aromatic nitrogens is 4. The second-order valence-electron chi connectivity index (χ2n) is 8.70. The van der Waals surface area contributed by atoms with Crippen LogP contribution >= 0.6 is 11.6 Å². The molecule has 0 radical (unpaired) electrons. The van der Waals surface area contributed by atoms with E-state index in [4.69, 9.17) is 21.1 Å². The molecule has 0 spiro atoms. The zero-order valence-corrected chi connectivity index (χ0v) is 23.5. The lowest BCUT2D eigenvalue weighted by molar-refractivity contribution is 0.330. The molecule has 0 saturated carbocycles. The number of phenolic OH excluding ortho intramolecular Hbond substituents is 1. The molecule has 2 aromatic heterocycles. The highest BCUT2D eigenvalue weighted by Crippen LogP contribution is 2.37. The van der Waals surface area contributed by atoms with Crippen LogP contribution in [0, 0.1) is 12.7 Å². The third-order valence-corrected chi connectivity index (χ3v) is 7.31. The van der Waals surface area contributed by atoms with Crippen LogP contribution in [0.5, 0.6) is 11.5 Å². The molecular formula is C27H22ClFN6O5S. The van der Waals surface area contributed by atoms with Crippen molar-refractivity contribution >= 4 is 50.3 Å². The van der Waals surface area contributed by atoms with E-state index in [1.54, 1.807) is 26.0 Å². The minimum atomic E-state index is -4.11. The number of hydrogen-bond donors (Lipinski definition) is 2. The number of para-hydroxylation sites is 1. The lowest BCUT2D eigenvalue weighted by Crippen LogP contribution is -2.17. The molecule has 0 amide bonds. The summed E-state index contributed by atoms with van der Waals surface area (Å²) < 4.78 is 54.7. The minimum Gasteiger partial charge on any atom is -0.506 e. The number of aliphatic imine (C=N–C) groups is 1. The fourth-order valence-corrected chi connectivity index (χ4v) is 5.36. The first-order valence-corrected chi connectivity index (χ1v) is 14.1. The van der Waals surface area contributed by atoms with Crippen molar-refractivity contribution in [2.75, 3.05) is 18.4 Å². The van der Waals surface area contributed by atoms with E-state index in [9.17, 15) is 17.9 Å². The minimum absolute atomic E-state index is 0.0101. The zero-order chi connectivity index (χ0) is 29.3. The molecule has 3 heterocycles. The molecule has 4 aromatic rings. The number of halogens is 2. The maximum Gasteiger partial charge on any atom is 0.238 e. The van der Waals surface area contributed by atoms with Crippen LogP contribution in [0.15, 0.2) is 58.9 Å². The van der Waals surface area contributed by atoms with Crippen molar-refractivity contribution in [2.45, 2.75) is 19.6 Å². The van der Waals surface area contributed by atoms with Crippen molar-refractivity contribution in [2.24, 2.45) is 4.99 Å². The molecule has 210 valence electrons. The Bertz CT molecular complexity index is 1940. The lowest BCUT2D eigenvalue weighted by atomic mass is 10.2. The third-order valence-electron chi connectivity index (χ3n) is 5.83. The summed E-state index contributed by atoms with van der Waals surface area (Å²) in [7, 11) is -2.69. The van der Waals surface area contributed by atoms with Gasteiger partial charge in [0.25, 0.3) is 0 Å². The van der Waals surface area contributed by atoms with Crippen LogP contribution < -0.4 is 9.46 Å². The van der Waals surface area contributed by atoms with E-state index in [1.165, 1.54) is 36.0 Å². The van der Waals surface area contributed by atoms with Crippen LogP contribution in [-0.4, -0.2) is 52.7 Å². The molecule has 0 fully saturated rings. The van der Waals surface area contributed by atoms with Crippen LogP contribution in [0.3, 0.4) is 0 Å². The van der Waals surface area contributed by atoms with E-state index in [0.717, 1.165) is 6.07 Å². The van der Waals surface area contributed by atoms with E-state index in [0.29, 0.717) is 12.2 Å². The molecule has 1 aliphatic heterocycles. The van der Waals surface area contributed by atoms with Gasteiger partial charge in [0.15, 0.2) is 33.8 Å². The van der Waals surface area contributed by atoms with E-state index < -0.39 is 21.6 Å². The second-order valence-corrected chi connectivity index (χ2v) is 10.8. The highest BCUT2D eigenvalue weighted by Gasteiger charge is 2.26. The van der Waals surface area contributed by atoms with Gasteiger partial charge >= 0.3 is 0 Å². The molecule has 5 rings (SSSR count). The van der Waals surface area contributed by atoms with Crippen LogP contribution in [0.2, 0.25) is 5.15 Å². The van der Waals surface area contributed by atoms with Crippen LogP contribution in [0.1, 0.15) is 23.9 Å². The number of methoxy groups -OCH3 is 1. The normalized spacial score (nSPS) is 12.8. The Labute approximate surface area is 239 Å². The van der Waals surface area contributed by atoms with Gasteiger partial charge in [0.1, 0.15) is 23.0 Å². The fourth-order valence-electron chi connectivity index (χ4n) is 4.00. The molecule has 0 saturated heterocycles. The van der Waals surface area contributed by atoms with Gasteiger partial charge in [0.05, 0.1) is 25.5 Å². The van der Waals surface area contributed by atoms with Gasteiger partial charge in [0, 0.05) is 0 Å². The first kappa shape index (κ1) is 27.9. The van der Waals surface area contributed by atoms with Gasteiger partial charge in [0.2, 0.25) is 15.9 Å². The average Bonchev–Trinajstić information content (AvgIpc) is 3.28. The second kappa shape index (κ2) is 11.1. The number of phenols is 1. The smallest absolute Gasteiger partial charge is 0.238 e. The number of imidazole rings is 1. The predicted molar refractivity (Wildman–Crippen MR) is 151 cm³/mol. The molecule has 0 atom stereocenters. The number of rotatable bonds is 8. The average molecular weight is 597 g/mol. The first-order valence-electron chi connectivity index (χ1n) is 12.1. The summed E-state index contributed by atoms with van der Waals surface area (Å²) in [6.07, 6.45) is 1.50. The maximum atomic E-state index is 14.0. The van der Waals surface area contributed by atoms with Crippen LogP contribution in [-0.2, 0) is 20.5 Å². The number of sulfonamides is 1. The van der Waals surface area contributed by atoms with Gasteiger partial charge in [-0.3, -0.25) is 9.29 Å². The number of nitrogens with zero attached hydrogens (tertiary/aromatic N) is 5. The van der Waals surface area contributed by atoms with Crippen molar-refractivity contribution in [1.29, 1.82) is 0 Å². The summed E-state index contributed by atoms with van der Waals surface area (Å²) >= 11 is 6.33. The summed E-state index contributed by atoms with van der Waals surface area (Å²) in [4.78, 5) is 17.6. The molecule has 2 aromatic carbocycles. The Morgan fingerprint density at radius 3 is 2.73 bits per heavy atom. The molecule has 0 bridgehead atoms. The molecule has 11 nitrogen and oxygen atoms in total. The third kappa shape index (κ3) is 5.65. The van der Waals surface area contributed by atoms with E-state index in [2.05, 4.69) is 36.1 Å². The van der Waals surface area contributed by atoms with Crippen molar-refractivity contribution in [3.05, 3.63) is 81.9 Å². The number of benzene rings is 2. The van der Waals surface area contributed by atoms with Crippen molar-refractivity contribution in [3.63, 3.8) is 0 Å². The number of ether oxygens (including phenoxy) is 2. The van der Waals surface area contributed by atoms with Gasteiger partial charge in [-0.1, -0.05) is 35.5 Å². The largest absolute Gasteiger partial charge is 0.506 e. The summed E-state index contributed by atoms with van der Waals surface area (Å²) in [5.41, 5.74) is 6.62. The topological polar surface area (TPSA) is 141 Å². The number of fused-ring (bicyclic) bond motifs is 1. The molecule has 41 heavy (non-hydrogen) atoms. The maximum absolute atomic E-state index is 14.0. The lowest BCUT2D eigenvalue weighted by Gasteiger charge is -2.15. The Kier molecular flexibility index (Phi) is 7.53. The van der Waals surface area contributed by atoms with Gasteiger partial charge < -0.3 is 14.6 Å². The summed E-state index contributed by atoms with van der Waals surface area (Å²) in [5.74, 6) is -0.961.